The number of halogens is 6. The molecule has 0 aliphatic rings. The van der Waals surface area contributed by atoms with Crippen molar-refractivity contribution in [2.45, 2.75) is 50.5 Å². The molecule has 3 nitrogen and oxygen atoms in total. The van der Waals surface area contributed by atoms with E-state index in [0.29, 0.717) is 12.1 Å². The number of rotatable bonds is 5. The van der Waals surface area contributed by atoms with Crippen LogP contribution in [-0.2, 0) is 17.1 Å². The van der Waals surface area contributed by atoms with Crippen molar-refractivity contribution < 1.29 is 36.2 Å². The molecule has 0 aromatic heterocycles. The van der Waals surface area contributed by atoms with Gasteiger partial charge in [-0.05, 0) is 49.4 Å². The fraction of sp³-hybridized carbons (Fsp3) is 0.533. The van der Waals surface area contributed by atoms with Gasteiger partial charge in [-0.15, -0.1) is 0 Å². The molecule has 0 amide bonds. The van der Waals surface area contributed by atoms with E-state index in [1.807, 2.05) is 0 Å². The second kappa shape index (κ2) is 6.62. The predicted octanol–water partition coefficient (Wildman–Crippen LogP) is 4.41. The quantitative estimate of drug-likeness (QED) is 0.768. The number of hydrogen-bond acceptors (Lipinski definition) is 2. The first-order valence-electron chi connectivity index (χ1n) is 7.00. The minimum atomic E-state index is -4.95. The Morgan fingerprint density at radius 2 is 1.50 bits per heavy atom. The van der Waals surface area contributed by atoms with E-state index in [4.69, 9.17) is 10.8 Å². The molecule has 1 rings (SSSR count). The molecule has 2 unspecified atom stereocenters. The van der Waals surface area contributed by atoms with Gasteiger partial charge >= 0.3 is 18.3 Å². The lowest BCUT2D eigenvalue weighted by Crippen LogP contribution is -2.46. The SMILES string of the molecule is CCC(CC(C)(N)C(=O)O)c1cc(C(F)(F)F)cc(C(F)(F)F)c1. The smallest absolute Gasteiger partial charge is 0.416 e. The topological polar surface area (TPSA) is 63.3 Å². The summed E-state index contributed by atoms with van der Waals surface area (Å²) in [6.45, 7) is 2.70. The minimum Gasteiger partial charge on any atom is -0.480 e. The Balaban J connectivity index is 3.41. The summed E-state index contributed by atoms with van der Waals surface area (Å²) in [7, 11) is 0. The molecule has 0 spiro atoms. The van der Waals surface area contributed by atoms with Gasteiger partial charge in [-0.3, -0.25) is 4.79 Å². The number of nitrogens with two attached hydrogens (primary N) is 1. The Hall–Kier alpha value is -1.77. The fourth-order valence-corrected chi connectivity index (χ4v) is 2.31. The molecule has 0 bridgehead atoms. The minimum absolute atomic E-state index is 0.0368. The molecule has 2 atom stereocenters. The van der Waals surface area contributed by atoms with Gasteiger partial charge < -0.3 is 10.8 Å². The van der Waals surface area contributed by atoms with Crippen LogP contribution in [0.4, 0.5) is 26.3 Å². The Labute approximate surface area is 134 Å². The Morgan fingerprint density at radius 1 is 1.08 bits per heavy atom. The summed E-state index contributed by atoms with van der Waals surface area (Å²) in [5.74, 6) is -2.25. The zero-order valence-corrected chi connectivity index (χ0v) is 12.9. The molecule has 9 heteroatoms. The van der Waals surface area contributed by atoms with Gasteiger partial charge in [-0.2, -0.15) is 26.3 Å². The van der Waals surface area contributed by atoms with Gasteiger partial charge in [0.2, 0.25) is 0 Å². The maximum atomic E-state index is 12.9. The van der Waals surface area contributed by atoms with Gasteiger partial charge in [0.15, 0.2) is 0 Å². The third-order valence-corrected chi connectivity index (χ3v) is 3.73. The molecule has 24 heavy (non-hydrogen) atoms. The molecule has 0 radical (unpaired) electrons. The number of alkyl halides is 6. The van der Waals surface area contributed by atoms with Crippen LogP contribution in [0.3, 0.4) is 0 Å². The highest BCUT2D eigenvalue weighted by molar-refractivity contribution is 5.77. The third-order valence-electron chi connectivity index (χ3n) is 3.73. The van der Waals surface area contributed by atoms with Gasteiger partial charge in [0.05, 0.1) is 11.1 Å². The van der Waals surface area contributed by atoms with Crippen molar-refractivity contribution in [3.05, 3.63) is 34.9 Å². The van der Waals surface area contributed by atoms with Crippen molar-refractivity contribution >= 4 is 5.97 Å². The molecule has 1 aromatic rings. The second-order valence-corrected chi connectivity index (χ2v) is 5.87. The molecular weight excluding hydrogens is 340 g/mol. The highest BCUT2D eigenvalue weighted by Crippen LogP contribution is 2.39. The van der Waals surface area contributed by atoms with E-state index >= 15 is 0 Å². The van der Waals surface area contributed by atoms with E-state index in [0.717, 1.165) is 6.92 Å². The van der Waals surface area contributed by atoms with Crippen molar-refractivity contribution in [1.82, 2.24) is 0 Å². The molecule has 0 heterocycles. The zero-order valence-electron chi connectivity index (χ0n) is 12.9. The van der Waals surface area contributed by atoms with E-state index in [1.54, 1.807) is 0 Å². The normalized spacial score (nSPS) is 16.5. The standard InChI is InChI=1S/C15H17F6NO2/c1-3-8(7-13(2,22)12(23)24)9-4-10(14(16,17)18)6-11(5-9)15(19,20)21/h4-6,8H,3,7,22H2,1-2H3,(H,23,24). The van der Waals surface area contributed by atoms with Gasteiger partial charge in [-0.25, -0.2) is 0 Å². The lowest BCUT2D eigenvalue weighted by atomic mass is 9.82. The molecule has 0 fully saturated rings. The van der Waals surface area contributed by atoms with Gasteiger partial charge in [-0.1, -0.05) is 6.92 Å². The summed E-state index contributed by atoms with van der Waals surface area (Å²) < 4.78 is 77.3. The van der Waals surface area contributed by atoms with E-state index in [2.05, 4.69) is 0 Å². The van der Waals surface area contributed by atoms with Crippen molar-refractivity contribution in [3.8, 4) is 0 Å². The molecule has 1 aromatic carbocycles. The van der Waals surface area contributed by atoms with E-state index in [9.17, 15) is 31.1 Å². The molecule has 136 valence electrons. The zero-order chi connectivity index (χ0) is 18.9. The molecule has 3 N–H and O–H groups in total. The van der Waals surface area contributed by atoms with Crippen LogP contribution in [0.2, 0.25) is 0 Å². The Kier molecular flexibility index (Phi) is 5.59. The van der Waals surface area contributed by atoms with Crippen molar-refractivity contribution in [3.63, 3.8) is 0 Å². The highest BCUT2D eigenvalue weighted by Gasteiger charge is 2.38. The average Bonchev–Trinajstić information content (AvgIpc) is 2.42. The van der Waals surface area contributed by atoms with Crippen LogP contribution in [-0.4, -0.2) is 16.6 Å². The molecule has 0 aliphatic carbocycles. The van der Waals surface area contributed by atoms with Gasteiger partial charge in [0, 0.05) is 0 Å². The van der Waals surface area contributed by atoms with Gasteiger partial charge in [0.1, 0.15) is 5.54 Å². The van der Waals surface area contributed by atoms with E-state index in [1.165, 1.54) is 6.92 Å². The number of carbonyl (C=O) groups is 1. The second-order valence-electron chi connectivity index (χ2n) is 5.87. The van der Waals surface area contributed by atoms with Crippen LogP contribution in [0.1, 0.15) is 49.3 Å². The monoisotopic (exact) mass is 357 g/mol. The Bertz CT molecular complexity index is 575. The number of hydrogen-bond donors (Lipinski definition) is 2. The maximum absolute atomic E-state index is 12.9. The van der Waals surface area contributed by atoms with Crippen LogP contribution in [0.5, 0.6) is 0 Å². The molecule has 0 saturated carbocycles. The average molecular weight is 357 g/mol. The number of carboxylic acids is 1. The molecular formula is C15H17F6NO2. The van der Waals surface area contributed by atoms with Crippen molar-refractivity contribution in [2.75, 3.05) is 0 Å². The van der Waals surface area contributed by atoms with Crippen molar-refractivity contribution in [2.24, 2.45) is 5.73 Å². The summed E-state index contributed by atoms with van der Waals surface area (Å²) in [5, 5.41) is 9.02. The summed E-state index contributed by atoms with van der Waals surface area (Å²) in [6, 6.07) is 1.26. The Morgan fingerprint density at radius 3 is 1.79 bits per heavy atom. The van der Waals surface area contributed by atoms with E-state index < -0.39 is 40.9 Å². The maximum Gasteiger partial charge on any atom is 0.416 e. The van der Waals surface area contributed by atoms with Crippen LogP contribution in [0, 0.1) is 0 Å². The predicted molar refractivity (Wildman–Crippen MR) is 74.3 cm³/mol. The van der Waals surface area contributed by atoms with Crippen LogP contribution in [0.25, 0.3) is 0 Å². The van der Waals surface area contributed by atoms with Crippen LogP contribution in [0.15, 0.2) is 18.2 Å². The van der Waals surface area contributed by atoms with Crippen LogP contribution < -0.4 is 5.73 Å². The lowest BCUT2D eigenvalue weighted by molar-refractivity contribution is -0.144. The number of aliphatic carboxylic acids is 1. The van der Waals surface area contributed by atoms with Crippen molar-refractivity contribution in [1.29, 1.82) is 0 Å². The van der Waals surface area contributed by atoms with Gasteiger partial charge in [0.25, 0.3) is 0 Å². The first kappa shape index (κ1) is 20.3. The largest absolute Gasteiger partial charge is 0.480 e. The third kappa shape index (κ3) is 4.86. The summed E-state index contributed by atoms with van der Waals surface area (Å²) in [4.78, 5) is 11.1. The number of benzene rings is 1. The first-order chi connectivity index (χ1) is 10.7. The highest BCUT2D eigenvalue weighted by atomic mass is 19.4. The van der Waals surface area contributed by atoms with E-state index in [-0.39, 0.29) is 24.5 Å². The molecule has 0 aliphatic heterocycles. The summed E-state index contributed by atoms with van der Waals surface area (Å²) >= 11 is 0. The first-order valence-corrected chi connectivity index (χ1v) is 7.00. The summed E-state index contributed by atoms with van der Waals surface area (Å²) in [6.07, 6.45) is -10.1. The fourth-order valence-electron chi connectivity index (χ4n) is 2.31. The molecule has 0 saturated heterocycles. The number of carboxylic acid groups (broad SMARTS) is 1. The summed E-state index contributed by atoms with van der Waals surface area (Å²) in [5.41, 5.74) is 0.707. The van der Waals surface area contributed by atoms with Crippen LogP contribution >= 0.6 is 0 Å². The lowest BCUT2D eigenvalue weighted by Gasteiger charge is -2.26.